The topological polar surface area (TPSA) is 29.3 Å². The molecule has 2 nitrogen and oxygen atoms in total. The van der Waals surface area contributed by atoms with Crippen LogP contribution in [-0.4, -0.2) is 18.1 Å². The molecule has 1 aromatic rings. The van der Waals surface area contributed by atoms with Gasteiger partial charge in [0.1, 0.15) is 4.99 Å². The zero-order valence-corrected chi connectivity index (χ0v) is 13.8. The molecule has 0 aromatic heterocycles. The molecule has 1 aromatic carbocycles. The van der Waals surface area contributed by atoms with Crippen molar-refractivity contribution < 1.29 is 0 Å². The van der Waals surface area contributed by atoms with Crippen LogP contribution in [0.2, 0.25) is 0 Å². The van der Waals surface area contributed by atoms with Gasteiger partial charge in [-0.05, 0) is 59.3 Å². The fourth-order valence-electron chi connectivity index (χ4n) is 2.73. The normalized spacial score (nSPS) is 20.1. The third-order valence-corrected chi connectivity index (χ3v) is 4.88. The molecule has 2 N–H and O–H groups in total. The van der Waals surface area contributed by atoms with Gasteiger partial charge in [-0.25, -0.2) is 0 Å². The molecule has 1 fully saturated rings. The SMILES string of the molecule is CCC1CCCN(c2ccc(C(N)=S)c(Br)c2)CC1. The van der Waals surface area contributed by atoms with Crippen molar-refractivity contribution in [3.05, 3.63) is 28.2 Å². The van der Waals surface area contributed by atoms with Crippen molar-refractivity contribution >= 4 is 38.8 Å². The van der Waals surface area contributed by atoms with Crippen LogP contribution in [0.25, 0.3) is 0 Å². The lowest BCUT2D eigenvalue weighted by molar-refractivity contribution is 0.459. The first kappa shape index (κ1) is 14.8. The van der Waals surface area contributed by atoms with Gasteiger partial charge in [0.15, 0.2) is 0 Å². The molecule has 1 saturated heterocycles. The highest BCUT2D eigenvalue weighted by molar-refractivity contribution is 9.10. The standard InChI is InChI=1S/C15H21BrN2S/c1-2-11-4-3-8-18(9-7-11)12-5-6-13(15(17)19)14(16)10-12/h5-6,10-11H,2-4,7-9H2,1H3,(H2,17,19). The summed E-state index contributed by atoms with van der Waals surface area (Å²) >= 11 is 8.60. The van der Waals surface area contributed by atoms with Crippen LogP contribution in [0.4, 0.5) is 5.69 Å². The van der Waals surface area contributed by atoms with E-state index in [2.05, 4.69) is 39.9 Å². The Labute approximate surface area is 129 Å². The lowest BCUT2D eigenvalue weighted by Gasteiger charge is -2.23. The van der Waals surface area contributed by atoms with E-state index in [-0.39, 0.29) is 0 Å². The van der Waals surface area contributed by atoms with E-state index in [0.717, 1.165) is 29.0 Å². The van der Waals surface area contributed by atoms with Gasteiger partial charge in [0, 0.05) is 28.8 Å². The summed E-state index contributed by atoms with van der Waals surface area (Å²) in [7, 11) is 0. The molecular formula is C15H21BrN2S. The van der Waals surface area contributed by atoms with Gasteiger partial charge in [-0.3, -0.25) is 0 Å². The molecule has 1 heterocycles. The molecule has 0 aliphatic carbocycles. The van der Waals surface area contributed by atoms with Crippen molar-refractivity contribution in [3.8, 4) is 0 Å². The molecule has 19 heavy (non-hydrogen) atoms. The van der Waals surface area contributed by atoms with Gasteiger partial charge >= 0.3 is 0 Å². The molecule has 0 radical (unpaired) electrons. The van der Waals surface area contributed by atoms with Gasteiger partial charge < -0.3 is 10.6 Å². The summed E-state index contributed by atoms with van der Waals surface area (Å²) in [6.45, 7) is 4.60. The van der Waals surface area contributed by atoms with Gasteiger partial charge in [-0.1, -0.05) is 25.6 Å². The van der Waals surface area contributed by atoms with Crippen LogP contribution in [0.1, 0.15) is 38.2 Å². The second kappa shape index (κ2) is 6.71. The van der Waals surface area contributed by atoms with Crippen molar-refractivity contribution in [2.24, 2.45) is 11.7 Å². The molecule has 0 bridgehead atoms. The Hall–Kier alpha value is -0.610. The van der Waals surface area contributed by atoms with E-state index in [1.54, 1.807) is 0 Å². The van der Waals surface area contributed by atoms with Gasteiger partial charge in [-0.15, -0.1) is 0 Å². The zero-order chi connectivity index (χ0) is 13.8. The number of hydrogen-bond acceptors (Lipinski definition) is 2. The average molecular weight is 341 g/mol. The van der Waals surface area contributed by atoms with Crippen molar-refractivity contribution in [3.63, 3.8) is 0 Å². The molecule has 1 unspecified atom stereocenters. The quantitative estimate of drug-likeness (QED) is 0.840. The second-order valence-electron chi connectivity index (χ2n) is 5.22. The van der Waals surface area contributed by atoms with Crippen LogP contribution in [0, 0.1) is 5.92 Å². The fourth-order valence-corrected chi connectivity index (χ4v) is 3.62. The second-order valence-corrected chi connectivity index (χ2v) is 6.51. The van der Waals surface area contributed by atoms with E-state index >= 15 is 0 Å². The van der Waals surface area contributed by atoms with Crippen LogP contribution in [-0.2, 0) is 0 Å². The largest absolute Gasteiger partial charge is 0.389 e. The van der Waals surface area contributed by atoms with E-state index in [0.29, 0.717) is 4.99 Å². The number of nitrogens with zero attached hydrogens (tertiary/aromatic N) is 1. The summed E-state index contributed by atoms with van der Waals surface area (Å²) < 4.78 is 0.994. The highest BCUT2D eigenvalue weighted by atomic mass is 79.9. The summed E-state index contributed by atoms with van der Waals surface area (Å²) in [4.78, 5) is 2.92. The van der Waals surface area contributed by atoms with Crippen LogP contribution in [0.5, 0.6) is 0 Å². The highest BCUT2D eigenvalue weighted by Crippen LogP contribution is 2.28. The molecule has 1 aliphatic heterocycles. The smallest absolute Gasteiger partial charge is 0.105 e. The Balaban J connectivity index is 2.13. The minimum atomic E-state index is 0.445. The van der Waals surface area contributed by atoms with Gasteiger partial charge in [0.2, 0.25) is 0 Å². The Kier molecular flexibility index (Phi) is 5.22. The first-order valence-corrected chi connectivity index (χ1v) is 8.16. The highest BCUT2D eigenvalue weighted by Gasteiger charge is 2.16. The van der Waals surface area contributed by atoms with Crippen molar-refractivity contribution in [2.45, 2.75) is 32.6 Å². The molecule has 4 heteroatoms. The molecule has 0 spiro atoms. The van der Waals surface area contributed by atoms with Crippen LogP contribution in [0.3, 0.4) is 0 Å². The average Bonchev–Trinajstić information content (AvgIpc) is 2.63. The maximum Gasteiger partial charge on any atom is 0.105 e. The Morgan fingerprint density at radius 1 is 1.42 bits per heavy atom. The lowest BCUT2D eigenvalue weighted by atomic mass is 9.98. The Morgan fingerprint density at radius 3 is 2.84 bits per heavy atom. The van der Waals surface area contributed by atoms with E-state index < -0.39 is 0 Å². The number of nitrogens with two attached hydrogens (primary N) is 1. The van der Waals surface area contributed by atoms with Crippen LogP contribution in [0.15, 0.2) is 22.7 Å². The van der Waals surface area contributed by atoms with Crippen LogP contribution >= 0.6 is 28.1 Å². The lowest BCUT2D eigenvalue weighted by Crippen LogP contribution is -2.24. The first-order chi connectivity index (χ1) is 9.11. The summed E-state index contributed by atoms with van der Waals surface area (Å²) in [6, 6.07) is 6.29. The third-order valence-electron chi connectivity index (χ3n) is 4.01. The molecule has 1 aliphatic rings. The molecule has 2 rings (SSSR count). The molecule has 0 saturated carbocycles. The predicted octanol–water partition coefficient (Wildman–Crippen LogP) is 4.10. The van der Waals surface area contributed by atoms with Crippen molar-refractivity contribution in [1.82, 2.24) is 0 Å². The van der Waals surface area contributed by atoms with Crippen LogP contribution < -0.4 is 10.6 Å². The molecule has 0 amide bonds. The number of anilines is 1. The zero-order valence-electron chi connectivity index (χ0n) is 11.4. The summed E-state index contributed by atoms with van der Waals surface area (Å²) in [5.41, 5.74) is 7.88. The summed E-state index contributed by atoms with van der Waals surface area (Å²) in [6.07, 6.45) is 5.25. The maximum absolute atomic E-state index is 5.69. The van der Waals surface area contributed by atoms with E-state index in [4.69, 9.17) is 18.0 Å². The number of thiocarbonyl (C=S) groups is 1. The van der Waals surface area contributed by atoms with Gasteiger partial charge in [-0.2, -0.15) is 0 Å². The minimum absolute atomic E-state index is 0.445. The predicted molar refractivity (Wildman–Crippen MR) is 89.9 cm³/mol. The first-order valence-electron chi connectivity index (χ1n) is 6.96. The number of halogens is 1. The number of benzene rings is 1. The fraction of sp³-hybridized carbons (Fsp3) is 0.533. The Morgan fingerprint density at radius 2 is 2.21 bits per heavy atom. The molecule has 104 valence electrons. The number of hydrogen-bond donors (Lipinski definition) is 1. The Bertz CT molecular complexity index is 461. The summed E-state index contributed by atoms with van der Waals surface area (Å²) in [5, 5.41) is 0. The molecular weight excluding hydrogens is 320 g/mol. The number of rotatable bonds is 3. The van der Waals surface area contributed by atoms with Crippen molar-refractivity contribution in [1.29, 1.82) is 0 Å². The van der Waals surface area contributed by atoms with E-state index in [9.17, 15) is 0 Å². The monoisotopic (exact) mass is 340 g/mol. The van der Waals surface area contributed by atoms with Gasteiger partial charge in [0.25, 0.3) is 0 Å². The summed E-state index contributed by atoms with van der Waals surface area (Å²) in [5.74, 6) is 0.893. The van der Waals surface area contributed by atoms with E-state index in [1.165, 1.54) is 31.4 Å². The van der Waals surface area contributed by atoms with Gasteiger partial charge in [0.05, 0.1) is 0 Å². The van der Waals surface area contributed by atoms with E-state index in [1.807, 2.05) is 6.07 Å². The third kappa shape index (κ3) is 3.69. The van der Waals surface area contributed by atoms with Crippen molar-refractivity contribution in [2.75, 3.05) is 18.0 Å². The minimum Gasteiger partial charge on any atom is -0.389 e. The molecule has 1 atom stereocenters. The maximum atomic E-state index is 5.69.